The van der Waals surface area contributed by atoms with Crippen LogP contribution in [0.3, 0.4) is 0 Å². The van der Waals surface area contributed by atoms with E-state index in [9.17, 15) is 9.18 Å². The molecule has 23 heavy (non-hydrogen) atoms. The molecular formula is C17H14FN3O2. The predicted octanol–water partition coefficient (Wildman–Crippen LogP) is 3.80. The van der Waals surface area contributed by atoms with Gasteiger partial charge in [0, 0.05) is 30.2 Å². The summed E-state index contributed by atoms with van der Waals surface area (Å²) in [6.07, 6.45) is 4.96. The van der Waals surface area contributed by atoms with Gasteiger partial charge in [-0.3, -0.25) is 4.98 Å². The minimum absolute atomic E-state index is 0.314. The van der Waals surface area contributed by atoms with Gasteiger partial charge < -0.3 is 15.1 Å². The van der Waals surface area contributed by atoms with Crippen LogP contribution < -0.4 is 10.6 Å². The maximum absolute atomic E-state index is 12.8. The number of carbonyl (C=O) groups excluding carboxylic acids is 1. The second kappa shape index (κ2) is 6.74. The number of nitrogens with zero attached hydrogens (tertiary/aromatic N) is 1. The molecule has 0 bridgehead atoms. The molecule has 6 heteroatoms. The summed E-state index contributed by atoms with van der Waals surface area (Å²) >= 11 is 0. The summed E-state index contributed by atoms with van der Waals surface area (Å²) in [5.74, 6) is 0.367. The van der Waals surface area contributed by atoms with Crippen molar-refractivity contribution in [2.24, 2.45) is 0 Å². The summed E-state index contributed by atoms with van der Waals surface area (Å²) in [6, 6.07) is 10.7. The average molecular weight is 311 g/mol. The Morgan fingerprint density at radius 1 is 1.17 bits per heavy atom. The number of anilines is 1. The largest absolute Gasteiger partial charge is 0.464 e. The summed E-state index contributed by atoms with van der Waals surface area (Å²) in [5.41, 5.74) is 2.20. The third-order valence-corrected chi connectivity index (χ3v) is 3.16. The third kappa shape index (κ3) is 3.94. The van der Waals surface area contributed by atoms with Gasteiger partial charge in [0.15, 0.2) is 0 Å². The minimum Gasteiger partial charge on any atom is -0.464 e. The molecule has 2 heterocycles. The van der Waals surface area contributed by atoms with E-state index in [1.165, 1.54) is 24.3 Å². The molecule has 0 fully saturated rings. The molecule has 0 radical (unpaired) electrons. The minimum atomic E-state index is -0.375. The van der Waals surface area contributed by atoms with Crippen LogP contribution >= 0.6 is 0 Å². The van der Waals surface area contributed by atoms with Crippen molar-refractivity contribution in [2.45, 2.75) is 6.54 Å². The molecule has 0 unspecified atom stereocenters. The van der Waals surface area contributed by atoms with Crippen molar-refractivity contribution in [3.63, 3.8) is 0 Å². The monoisotopic (exact) mass is 311 g/mol. The Kier molecular flexibility index (Phi) is 4.33. The molecule has 3 rings (SSSR count). The molecule has 0 aliphatic rings. The highest BCUT2D eigenvalue weighted by Gasteiger charge is 2.05. The second-order valence-electron chi connectivity index (χ2n) is 4.87. The average Bonchev–Trinajstić information content (AvgIpc) is 3.10. The Morgan fingerprint density at radius 3 is 2.74 bits per heavy atom. The molecule has 0 saturated heterocycles. The van der Waals surface area contributed by atoms with Crippen molar-refractivity contribution in [3.8, 4) is 11.3 Å². The van der Waals surface area contributed by atoms with Crippen LogP contribution in [-0.2, 0) is 6.54 Å². The molecule has 0 spiro atoms. The molecule has 0 aliphatic heterocycles. The van der Waals surface area contributed by atoms with E-state index in [-0.39, 0.29) is 11.8 Å². The van der Waals surface area contributed by atoms with Crippen LogP contribution in [0.25, 0.3) is 11.3 Å². The number of pyridine rings is 1. The van der Waals surface area contributed by atoms with Crippen LogP contribution in [0.5, 0.6) is 0 Å². The number of furan rings is 1. The summed E-state index contributed by atoms with van der Waals surface area (Å²) in [5, 5.41) is 5.35. The zero-order valence-corrected chi connectivity index (χ0v) is 12.1. The van der Waals surface area contributed by atoms with Gasteiger partial charge in [0.25, 0.3) is 0 Å². The van der Waals surface area contributed by atoms with Gasteiger partial charge >= 0.3 is 6.03 Å². The fourth-order valence-corrected chi connectivity index (χ4v) is 2.05. The van der Waals surface area contributed by atoms with E-state index in [2.05, 4.69) is 15.6 Å². The number of carbonyl (C=O) groups is 1. The quantitative estimate of drug-likeness (QED) is 0.770. The smallest absolute Gasteiger partial charge is 0.319 e. The van der Waals surface area contributed by atoms with Crippen molar-refractivity contribution in [2.75, 3.05) is 5.32 Å². The summed E-state index contributed by atoms with van der Waals surface area (Å²) in [7, 11) is 0. The summed E-state index contributed by atoms with van der Waals surface area (Å²) < 4.78 is 18.1. The first-order chi connectivity index (χ1) is 11.2. The number of urea groups is 1. The molecule has 1 aromatic carbocycles. The predicted molar refractivity (Wildman–Crippen MR) is 84.2 cm³/mol. The molecule has 0 aliphatic carbocycles. The van der Waals surface area contributed by atoms with E-state index in [1.54, 1.807) is 24.7 Å². The maximum Gasteiger partial charge on any atom is 0.319 e. The fourth-order valence-electron chi connectivity index (χ4n) is 2.05. The molecule has 0 saturated carbocycles. The lowest BCUT2D eigenvalue weighted by Crippen LogP contribution is -2.28. The van der Waals surface area contributed by atoms with Crippen LogP contribution in [0.15, 0.2) is 65.5 Å². The number of halogens is 1. The number of hydrogen-bond donors (Lipinski definition) is 2. The van der Waals surface area contributed by atoms with Crippen molar-refractivity contribution < 1.29 is 13.6 Å². The van der Waals surface area contributed by atoms with Crippen LogP contribution in [-0.4, -0.2) is 11.0 Å². The SMILES string of the molecule is O=C(NCc1cncc(-c2ccco2)c1)Nc1ccc(F)cc1. The number of aromatic nitrogens is 1. The first-order valence-electron chi connectivity index (χ1n) is 6.99. The highest BCUT2D eigenvalue weighted by Crippen LogP contribution is 2.19. The molecular weight excluding hydrogens is 297 g/mol. The van der Waals surface area contributed by atoms with Crippen LogP contribution in [0.4, 0.5) is 14.9 Å². The lowest BCUT2D eigenvalue weighted by molar-refractivity contribution is 0.251. The Bertz CT molecular complexity index is 786. The van der Waals surface area contributed by atoms with Crippen molar-refractivity contribution in [1.29, 1.82) is 0 Å². The number of rotatable bonds is 4. The highest BCUT2D eigenvalue weighted by molar-refractivity contribution is 5.89. The van der Waals surface area contributed by atoms with Gasteiger partial charge in [0.1, 0.15) is 11.6 Å². The fraction of sp³-hybridized carbons (Fsp3) is 0.0588. The van der Waals surface area contributed by atoms with Gasteiger partial charge in [-0.1, -0.05) is 0 Å². The summed E-state index contributed by atoms with van der Waals surface area (Å²) in [4.78, 5) is 16.0. The van der Waals surface area contributed by atoms with E-state index in [0.29, 0.717) is 12.2 Å². The summed E-state index contributed by atoms with van der Waals surface area (Å²) in [6.45, 7) is 0.314. The van der Waals surface area contributed by atoms with Crippen LogP contribution in [0.2, 0.25) is 0 Å². The highest BCUT2D eigenvalue weighted by atomic mass is 19.1. The van der Waals surface area contributed by atoms with E-state index >= 15 is 0 Å². The standard InChI is InChI=1S/C17H14FN3O2/c18-14-3-5-15(6-4-14)21-17(22)20-10-12-8-13(11-19-9-12)16-2-1-7-23-16/h1-9,11H,10H2,(H2,20,21,22). The molecule has 2 aromatic heterocycles. The van der Waals surface area contributed by atoms with Gasteiger partial charge in [-0.05, 0) is 48.0 Å². The Labute approximate surface area is 132 Å². The first-order valence-corrected chi connectivity index (χ1v) is 6.99. The Balaban J connectivity index is 1.58. The molecule has 116 valence electrons. The normalized spacial score (nSPS) is 10.3. The van der Waals surface area contributed by atoms with Gasteiger partial charge in [-0.15, -0.1) is 0 Å². The number of nitrogens with one attached hydrogen (secondary N) is 2. The Morgan fingerprint density at radius 2 is 2.00 bits per heavy atom. The van der Waals surface area contributed by atoms with Crippen LogP contribution in [0.1, 0.15) is 5.56 Å². The van der Waals surface area contributed by atoms with E-state index in [0.717, 1.165) is 16.9 Å². The zero-order chi connectivity index (χ0) is 16.1. The Hall–Kier alpha value is -3.15. The lowest BCUT2D eigenvalue weighted by Gasteiger charge is -2.08. The van der Waals surface area contributed by atoms with E-state index in [1.807, 2.05) is 12.1 Å². The van der Waals surface area contributed by atoms with Gasteiger partial charge in [-0.25, -0.2) is 9.18 Å². The maximum atomic E-state index is 12.8. The first kappa shape index (κ1) is 14.8. The molecule has 3 aromatic rings. The molecule has 2 amide bonds. The van der Waals surface area contributed by atoms with Gasteiger partial charge in [0.05, 0.1) is 6.26 Å². The van der Waals surface area contributed by atoms with E-state index in [4.69, 9.17) is 4.42 Å². The van der Waals surface area contributed by atoms with Crippen molar-refractivity contribution in [3.05, 3.63) is 72.5 Å². The zero-order valence-electron chi connectivity index (χ0n) is 12.1. The molecule has 2 N–H and O–H groups in total. The second-order valence-corrected chi connectivity index (χ2v) is 4.87. The molecule has 0 atom stereocenters. The van der Waals surface area contributed by atoms with E-state index < -0.39 is 0 Å². The third-order valence-electron chi connectivity index (χ3n) is 3.16. The van der Waals surface area contributed by atoms with Gasteiger partial charge in [0.2, 0.25) is 0 Å². The van der Waals surface area contributed by atoms with Gasteiger partial charge in [-0.2, -0.15) is 0 Å². The van der Waals surface area contributed by atoms with Crippen molar-refractivity contribution in [1.82, 2.24) is 10.3 Å². The van der Waals surface area contributed by atoms with Crippen molar-refractivity contribution >= 4 is 11.7 Å². The van der Waals surface area contributed by atoms with Crippen LogP contribution in [0, 0.1) is 5.82 Å². The molecule has 5 nitrogen and oxygen atoms in total. The topological polar surface area (TPSA) is 67.2 Å². The number of hydrogen-bond acceptors (Lipinski definition) is 3. The number of amides is 2. The lowest BCUT2D eigenvalue weighted by atomic mass is 10.1. The number of benzene rings is 1.